The normalized spacial score (nSPS) is 26.5. The molecule has 1 heterocycles. The summed E-state index contributed by atoms with van der Waals surface area (Å²) in [6.45, 7) is 6.20. The third kappa shape index (κ3) is 2.80. The molecule has 0 N–H and O–H groups in total. The summed E-state index contributed by atoms with van der Waals surface area (Å²) in [7, 11) is 0. The Hall–Kier alpha value is -1.15. The van der Waals surface area contributed by atoms with Crippen LogP contribution in [0, 0.1) is 5.92 Å². The van der Waals surface area contributed by atoms with Gasteiger partial charge in [0.1, 0.15) is 0 Å². The van der Waals surface area contributed by atoms with Crippen LogP contribution in [0.4, 0.5) is 0 Å². The van der Waals surface area contributed by atoms with E-state index in [9.17, 15) is 4.79 Å². The van der Waals surface area contributed by atoms with E-state index in [0.29, 0.717) is 18.4 Å². The lowest BCUT2D eigenvalue weighted by Gasteiger charge is -2.36. The first-order chi connectivity index (χ1) is 9.63. The summed E-state index contributed by atoms with van der Waals surface area (Å²) in [6, 6.07) is 6.88. The molecule has 0 spiro atoms. The van der Waals surface area contributed by atoms with Crippen molar-refractivity contribution < 1.29 is 4.79 Å². The fourth-order valence-corrected chi connectivity index (χ4v) is 3.62. The highest BCUT2D eigenvalue weighted by Crippen LogP contribution is 2.24. The third-order valence-corrected chi connectivity index (χ3v) is 5.01. The van der Waals surface area contributed by atoms with Gasteiger partial charge in [0, 0.05) is 18.2 Å². The molecule has 0 bridgehead atoms. The number of piperidine rings is 1. The van der Waals surface area contributed by atoms with Crippen LogP contribution in [0.5, 0.6) is 0 Å². The Morgan fingerprint density at radius 1 is 1.20 bits per heavy atom. The molecule has 0 radical (unpaired) electrons. The van der Waals surface area contributed by atoms with Crippen molar-refractivity contribution in [1.82, 2.24) is 4.90 Å². The number of hydrogen-bond donors (Lipinski definition) is 0. The first-order valence-corrected chi connectivity index (χ1v) is 8.02. The highest BCUT2D eigenvalue weighted by molar-refractivity contribution is 5.97. The van der Waals surface area contributed by atoms with Crippen molar-refractivity contribution in [1.29, 1.82) is 0 Å². The summed E-state index contributed by atoms with van der Waals surface area (Å²) >= 11 is 0. The monoisotopic (exact) mass is 271 g/mol. The van der Waals surface area contributed by atoms with Gasteiger partial charge in [0.05, 0.1) is 6.54 Å². The molecule has 2 nitrogen and oxygen atoms in total. The Kier molecular flexibility index (Phi) is 3.93. The zero-order chi connectivity index (χ0) is 14.1. The molecule has 2 atom stereocenters. The zero-order valence-electron chi connectivity index (χ0n) is 12.7. The maximum absolute atomic E-state index is 12.5. The van der Waals surface area contributed by atoms with Crippen molar-refractivity contribution in [3.63, 3.8) is 0 Å². The van der Waals surface area contributed by atoms with Crippen LogP contribution in [0.15, 0.2) is 18.2 Å². The molecule has 0 saturated carbocycles. The van der Waals surface area contributed by atoms with Crippen molar-refractivity contribution in [2.45, 2.75) is 52.0 Å². The van der Waals surface area contributed by atoms with E-state index in [2.05, 4.69) is 30.9 Å². The molecule has 0 aromatic heterocycles. The number of Topliss-reactive ketones (excluding diaryl/α,β-unsaturated/α-hetero) is 1. The third-order valence-electron chi connectivity index (χ3n) is 5.01. The predicted octanol–water partition coefficient (Wildman–Crippen LogP) is 3.48. The second-order valence-electron chi connectivity index (χ2n) is 6.72. The first-order valence-electron chi connectivity index (χ1n) is 8.02. The first kappa shape index (κ1) is 13.8. The molecule has 20 heavy (non-hydrogen) atoms. The van der Waals surface area contributed by atoms with E-state index in [1.54, 1.807) is 0 Å². The number of ketones is 1. The van der Waals surface area contributed by atoms with Gasteiger partial charge in [-0.15, -0.1) is 0 Å². The molecule has 1 saturated heterocycles. The maximum atomic E-state index is 12.5. The van der Waals surface area contributed by atoms with Crippen molar-refractivity contribution in [3.8, 4) is 0 Å². The number of benzene rings is 1. The quantitative estimate of drug-likeness (QED) is 0.784. The molecule has 2 aliphatic rings. The van der Waals surface area contributed by atoms with Crippen LogP contribution in [0.2, 0.25) is 0 Å². The standard InChI is InChI=1S/C18H25NO/c1-13-6-7-14(2)19(11-13)12-18(20)17-9-8-15-4-3-5-16(15)10-17/h8-10,13-14H,3-7,11-12H2,1-2H3. The molecule has 2 heteroatoms. The number of likely N-dealkylation sites (tertiary alicyclic amines) is 1. The van der Waals surface area contributed by atoms with Crippen LogP contribution in [0.1, 0.15) is 54.6 Å². The number of aryl methyl sites for hydroxylation is 2. The molecular weight excluding hydrogens is 246 g/mol. The van der Waals surface area contributed by atoms with Crippen LogP contribution in [-0.4, -0.2) is 29.8 Å². The number of rotatable bonds is 3. The van der Waals surface area contributed by atoms with E-state index in [1.807, 2.05) is 6.07 Å². The molecule has 1 aliphatic carbocycles. The van der Waals surface area contributed by atoms with Gasteiger partial charge < -0.3 is 0 Å². The lowest BCUT2D eigenvalue weighted by atomic mass is 9.94. The molecule has 1 aliphatic heterocycles. The second kappa shape index (κ2) is 5.69. The highest BCUT2D eigenvalue weighted by atomic mass is 16.1. The minimum absolute atomic E-state index is 0.292. The van der Waals surface area contributed by atoms with Crippen LogP contribution in [-0.2, 0) is 12.8 Å². The van der Waals surface area contributed by atoms with Crippen molar-refractivity contribution >= 4 is 5.78 Å². The van der Waals surface area contributed by atoms with E-state index in [4.69, 9.17) is 0 Å². The van der Waals surface area contributed by atoms with E-state index in [0.717, 1.165) is 24.4 Å². The molecule has 2 unspecified atom stereocenters. The summed E-state index contributed by atoms with van der Waals surface area (Å²) in [4.78, 5) is 14.9. The van der Waals surface area contributed by atoms with Crippen LogP contribution in [0.3, 0.4) is 0 Å². The Bertz CT molecular complexity index is 508. The minimum Gasteiger partial charge on any atom is -0.293 e. The molecular formula is C18H25NO. The number of hydrogen-bond acceptors (Lipinski definition) is 2. The van der Waals surface area contributed by atoms with Crippen LogP contribution in [0.25, 0.3) is 0 Å². The Labute approximate surface area is 122 Å². The number of fused-ring (bicyclic) bond motifs is 1. The van der Waals surface area contributed by atoms with E-state index >= 15 is 0 Å². The van der Waals surface area contributed by atoms with Gasteiger partial charge >= 0.3 is 0 Å². The van der Waals surface area contributed by atoms with Crippen molar-refractivity contribution in [2.24, 2.45) is 5.92 Å². The highest BCUT2D eigenvalue weighted by Gasteiger charge is 2.25. The average molecular weight is 271 g/mol. The molecule has 1 aromatic carbocycles. The largest absolute Gasteiger partial charge is 0.293 e. The SMILES string of the molecule is CC1CCC(C)N(CC(=O)c2ccc3c(c2)CCC3)C1. The van der Waals surface area contributed by atoms with Gasteiger partial charge in [0.15, 0.2) is 5.78 Å². The molecule has 3 rings (SSSR count). The predicted molar refractivity (Wildman–Crippen MR) is 82.2 cm³/mol. The number of carbonyl (C=O) groups excluding carboxylic acids is 1. The van der Waals surface area contributed by atoms with Crippen molar-refractivity contribution in [3.05, 3.63) is 34.9 Å². The van der Waals surface area contributed by atoms with Gasteiger partial charge in [-0.05, 0) is 62.1 Å². The van der Waals surface area contributed by atoms with Gasteiger partial charge in [-0.1, -0.05) is 19.1 Å². The van der Waals surface area contributed by atoms with Gasteiger partial charge in [-0.2, -0.15) is 0 Å². The molecule has 108 valence electrons. The smallest absolute Gasteiger partial charge is 0.176 e. The maximum Gasteiger partial charge on any atom is 0.176 e. The topological polar surface area (TPSA) is 20.3 Å². The van der Waals surface area contributed by atoms with E-state index in [-0.39, 0.29) is 0 Å². The van der Waals surface area contributed by atoms with Crippen LogP contribution >= 0.6 is 0 Å². The van der Waals surface area contributed by atoms with Gasteiger partial charge in [-0.3, -0.25) is 9.69 Å². The lowest BCUT2D eigenvalue weighted by molar-refractivity contribution is 0.0805. The van der Waals surface area contributed by atoms with Gasteiger partial charge in [0.25, 0.3) is 0 Å². The summed E-state index contributed by atoms with van der Waals surface area (Å²) in [6.07, 6.45) is 6.09. The van der Waals surface area contributed by atoms with E-state index < -0.39 is 0 Å². The Morgan fingerprint density at radius 3 is 2.85 bits per heavy atom. The van der Waals surface area contributed by atoms with Gasteiger partial charge in [-0.25, -0.2) is 0 Å². The minimum atomic E-state index is 0.292. The fraction of sp³-hybridized carbons (Fsp3) is 0.611. The summed E-state index contributed by atoms with van der Waals surface area (Å²) in [5.74, 6) is 1.01. The summed E-state index contributed by atoms with van der Waals surface area (Å²) in [5, 5.41) is 0. The van der Waals surface area contributed by atoms with Crippen LogP contribution < -0.4 is 0 Å². The fourth-order valence-electron chi connectivity index (χ4n) is 3.62. The summed E-state index contributed by atoms with van der Waals surface area (Å²) < 4.78 is 0. The molecule has 1 aromatic rings. The average Bonchev–Trinajstić information content (AvgIpc) is 2.90. The lowest BCUT2D eigenvalue weighted by Crippen LogP contribution is -2.43. The number of carbonyl (C=O) groups is 1. The van der Waals surface area contributed by atoms with Gasteiger partial charge in [0.2, 0.25) is 0 Å². The van der Waals surface area contributed by atoms with E-state index in [1.165, 1.54) is 36.8 Å². The summed E-state index contributed by atoms with van der Waals surface area (Å²) in [5.41, 5.74) is 3.76. The second-order valence-corrected chi connectivity index (χ2v) is 6.72. The Morgan fingerprint density at radius 2 is 2.00 bits per heavy atom. The molecule has 1 fully saturated rings. The van der Waals surface area contributed by atoms with Crippen molar-refractivity contribution in [2.75, 3.05) is 13.1 Å². The molecule has 0 amide bonds. The zero-order valence-corrected chi connectivity index (χ0v) is 12.7. The Balaban J connectivity index is 1.69. The number of nitrogens with zero attached hydrogens (tertiary/aromatic N) is 1.